The zero-order valence-corrected chi connectivity index (χ0v) is 16.9. The van der Waals surface area contributed by atoms with E-state index in [1.54, 1.807) is 25.1 Å². The van der Waals surface area contributed by atoms with Crippen LogP contribution in [0.5, 0.6) is 0 Å². The minimum atomic E-state index is -3.60. The van der Waals surface area contributed by atoms with Gasteiger partial charge in [0, 0.05) is 19.1 Å². The van der Waals surface area contributed by atoms with Gasteiger partial charge in [0.15, 0.2) is 0 Å². The van der Waals surface area contributed by atoms with E-state index in [0.717, 1.165) is 25.3 Å². The lowest BCUT2D eigenvalue weighted by Gasteiger charge is -2.32. The highest BCUT2D eigenvalue weighted by Crippen LogP contribution is 2.29. The molecule has 0 amide bonds. The Balaban J connectivity index is 0.00000243. The molecule has 1 aromatic carbocycles. The van der Waals surface area contributed by atoms with Gasteiger partial charge < -0.3 is 10.1 Å². The van der Waals surface area contributed by atoms with Crippen molar-refractivity contribution in [3.05, 3.63) is 29.3 Å². The SMILES string of the molecule is COC(=O)c1cccc(S(=O)(=O)N2CCC(NCC3CC3)CC2)c1C.Cl. The van der Waals surface area contributed by atoms with Gasteiger partial charge in [-0.2, -0.15) is 4.31 Å². The molecule has 1 aliphatic carbocycles. The molecule has 0 atom stereocenters. The van der Waals surface area contributed by atoms with Crippen LogP contribution in [0.1, 0.15) is 41.6 Å². The van der Waals surface area contributed by atoms with Crippen LogP contribution in [0.4, 0.5) is 0 Å². The molecule has 0 spiro atoms. The topological polar surface area (TPSA) is 75.7 Å². The highest BCUT2D eigenvalue weighted by molar-refractivity contribution is 7.89. The maximum atomic E-state index is 13.0. The molecular formula is C18H27ClN2O4S. The summed E-state index contributed by atoms with van der Waals surface area (Å²) in [5.41, 5.74) is 0.743. The molecule has 26 heavy (non-hydrogen) atoms. The summed E-state index contributed by atoms with van der Waals surface area (Å²) < 4.78 is 32.3. The third-order valence-electron chi connectivity index (χ3n) is 5.15. The second-order valence-corrected chi connectivity index (χ2v) is 8.86. The standard InChI is InChI=1S/C18H26N2O4S.ClH/c1-13-16(18(21)24-2)4-3-5-17(13)25(22,23)20-10-8-15(9-11-20)19-12-14-6-7-14;/h3-5,14-15,19H,6-12H2,1-2H3;1H. The third kappa shape index (κ3) is 4.57. The van der Waals surface area contributed by atoms with Crippen molar-refractivity contribution in [1.82, 2.24) is 9.62 Å². The summed E-state index contributed by atoms with van der Waals surface area (Å²) >= 11 is 0. The van der Waals surface area contributed by atoms with Crippen LogP contribution in [0.25, 0.3) is 0 Å². The van der Waals surface area contributed by atoms with Crippen molar-refractivity contribution in [2.24, 2.45) is 5.92 Å². The van der Waals surface area contributed by atoms with Gasteiger partial charge in [-0.15, -0.1) is 12.4 Å². The molecule has 0 unspecified atom stereocenters. The van der Waals surface area contributed by atoms with Crippen molar-refractivity contribution in [2.75, 3.05) is 26.7 Å². The van der Waals surface area contributed by atoms with Gasteiger partial charge in [-0.3, -0.25) is 0 Å². The Bertz CT molecular complexity index is 742. The predicted octanol–water partition coefficient (Wildman–Crippen LogP) is 2.36. The minimum Gasteiger partial charge on any atom is -0.465 e. The Labute approximate surface area is 161 Å². The molecule has 146 valence electrons. The van der Waals surface area contributed by atoms with Crippen molar-refractivity contribution in [3.8, 4) is 0 Å². The van der Waals surface area contributed by atoms with E-state index in [1.807, 2.05) is 0 Å². The van der Waals surface area contributed by atoms with E-state index < -0.39 is 16.0 Å². The lowest BCUT2D eigenvalue weighted by Crippen LogP contribution is -2.45. The number of carbonyl (C=O) groups is 1. The Kier molecular flexibility index (Phi) is 7.07. The average molecular weight is 403 g/mol. The van der Waals surface area contributed by atoms with Gasteiger partial charge in [0.25, 0.3) is 0 Å². The number of benzene rings is 1. The van der Waals surface area contributed by atoms with E-state index in [0.29, 0.717) is 30.3 Å². The summed E-state index contributed by atoms with van der Waals surface area (Å²) in [6.07, 6.45) is 4.27. The molecule has 0 bridgehead atoms. The fourth-order valence-corrected chi connectivity index (χ4v) is 5.04. The van der Waals surface area contributed by atoms with E-state index in [4.69, 9.17) is 4.74 Å². The molecule has 3 rings (SSSR count). The molecule has 8 heteroatoms. The Morgan fingerprint density at radius 3 is 2.46 bits per heavy atom. The summed E-state index contributed by atoms with van der Waals surface area (Å²) in [5.74, 6) is 0.308. The van der Waals surface area contributed by atoms with Crippen LogP contribution < -0.4 is 5.32 Å². The van der Waals surface area contributed by atoms with Crippen LogP contribution in [0.15, 0.2) is 23.1 Å². The summed E-state index contributed by atoms with van der Waals surface area (Å²) in [6, 6.07) is 5.15. The van der Waals surface area contributed by atoms with Crippen molar-refractivity contribution in [2.45, 2.75) is 43.5 Å². The number of ether oxygens (including phenoxy) is 1. The number of nitrogens with one attached hydrogen (secondary N) is 1. The molecule has 0 aromatic heterocycles. The van der Waals surface area contributed by atoms with Gasteiger partial charge in [0.05, 0.1) is 17.6 Å². The van der Waals surface area contributed by atoms with E-state index in [2.05, 4.69) is 5.32 Å². The molecule has 1 heterocycles. The lowest BCUT2D eigenvalue weighted by atomic mass is 10.1. The number of sulfonamides is 1. The van der Waals surface area contributed by atoms with Crippen LogP contribution in [0.2, 0.25) is 0 Å². The van der Waals surface area contributed by atoms with Crippen LogP contribution in [0, 0.1) is 12.8 Å². The minimum absolute atomic E-state index is 0. The molecule has 6 nitrogen and oxygen atoms in total. The molecule has 2 fully saturated rings. The van der Waals surface area contributed by atoms with Gasteiger partial charge in [-0.1, -0.05) is 6.07 Å². The smallest absolute Gasteiger partial charge is 0.338 e. The molecule has 1 N–H and O–H groups in total. The van der Waals surface area contributed by atoms with Crippen molar-refractivity contribution in [3.63, 3.8) is 0 Å². The second kappa shape index (κ2) is 8.69. The first-order valence-corrected chi connectivity index (χ1v) is 10.3. The van der Waals surface area contributed by atoms with Crippen LogP contribution in [-0.2, 0) is 14.8 Å². The van der Waals surface area contributed by atoms with Gasteiger partial charge in [-0.05, 0) is 62.8 Å². The number of hydrogen-bond acceptors (Lipinski definition) is 5. The van der Waals surface area contributed by atoms with Crippen molar-refractivity contribution < 1.29 is 17.9 Å². The maximum Gasteiger partial charge on any atom is 0.338 e. The first-order chi connectivity index (χ1) is 11.9. The predicted molar refractivity (Wildman–Crippen MR) is 102 cm³/mol. The lowest BCUT2D eigenvalue weighted by molar-refractivity contribution is 0.0599. The fraction of sp³-hybridized carbons (Fsp3) is 0.611. The number of halogens is 1. The quantitative estimate of drug-likeness (QED) is 0.739. The zero-order valence-electron chi connectivity index (χ0n) is 15.2. The number of methoxy groups -OCH3 is 1. The molecule has 1 aliphatic heterocycles. The number of esters is 1. The summed E-state index contributed by atoms with van der Waals surface area (Å²) in [7, 11) is -2.31. The third-order valence-corrected chi connectivity index (χ3v) is 7.20. The van der Waals surface area contributed by atoms with E-state index in [1.165, 1.54) is 24.3 Å². The summed E-state index contributed by atoms with van der Waals surface area (Å²) in [4.78, 5) is 12.0. The Hall–Kier alpha value is -1.15. The summed E-state index contributed by atoms with van der Waals surface area (Å²) in [6.45, 7) is 3.72. The van der Waals surface area contributed by atoms with Gasteiger partial charge in [-0.25, -0.2) is 13.2 Å². The van der Waals surface area contributed by atoms with Crippen LogP contribution in [-0.4, -0.2) is 51.5 Å². The van der Waals surface area contributed by atoms with Gasteiger partial charge in [0.1, 0.15) is 0 Å². The maximum absolute atomic E-state index is 13.0. The number of hydrogen-bond donors (Lipinski definition) is 1. The fourth-order valence-electron chi connectivity index (χ4n) is 3.32. The highest BCUT2D eigenvalue weighted by atomic mass is 35.5. The molecule has 1 saturated carbocycles. The average Bonchev–Trinajstić information content (AvgIpc) is 3.44. The Morgan fingerprint density at radius 1 is 1.23 bits per heavy atom. The Morgan fingerprint density at radius 2 is 1.88 bits per heavy atom. The normalized spacial score (nSPS) is 19.0. The molecule has 0 radical (unpaired) electrons. The first-order valence-electron chi connectivity index (χ1n) is 8.85. The van der Waals surface area contributed by atoms with Crippen molar-refractivity contribution in [1.29, 1.82) is 0 Å². The second-order valence-electron chi connectivity index (χ2n) is 6.95. The van der Waals surface area contributed by atoms with E-state index in [9.17, 15) is 13.2 Å². The van der Waals surface area contributed by atoms with Crippen LogP contribution in [0.3, 0.4) is 0 Å². The monoisotopic (exact) mass is 402 g/mol. The van der Waals surface area contributed by atoms with Crippen molar-refractivity contribution >= 4 is 28.4 Å². The van der Waals surface area contributed by atoms with Gasteiger partial charge >= 0.3 is 5.97 Å². The largest absolute Gasteiger partial charge is 0.465 e. The van der Waals surface area contributed by atoms with E-state index in [-0.39, 0.29) is 17.3 Å². The number of nitrogens with zero attached hydrogens (tertiary/aromatic N) is 1. The number of piperidine rings is 1. The molecule has 2 aliphatic rings. The molecule has 1 saturated heterocycles. The number of carbonyl (C=O) groups excluding carboxylic acids is 1. The first kappa shape index (κ1) is 21.2. The van der Waals surface area contributed by atoms with Crippen LogP contribution >= 0.6 is 12.4 Å². The highest BCUT2D eigenvalue weighted by Gasteiger charge is 2.32. The van der Waals surface area contributed by atoms with E-state index >= 15 is 0 Å². The number of rotatable bonds is 6. The zero-order chi connectivity index (χ0) is 18.0. The molecule has 1 aromatic rings. The molecular weight excluding hydrogens is 376 g/mol. The summed E-state index contributed by atoms with van der Waals surface area (Å²) in [5, 5.41) is 3.56. The van der Waals surface area contributed by atoms with Gasteiger partial charge in [0.2, 0.25) is 10.0 Å².